The molecular formula is C22H28O3. The molecule has 1 atom stereocenters. The molecule has 0 saturated heterocycles. The number of hydrogen-bond donors (Lipinski definition) is 1. The predicted molar refractivity (Wildman–Crippen MR) is 102 cm³/mol. The Labute approximate surface area is 150 Å². The molecule has 0 bridgehead atoms. The lowest BCUT2D eigenvalue weighted by Crippen LogP contribution is -2.29. The molecule has 3 nitrogen and oxygen atoms in total. The molecule has 2 rings (SSSR count). The van der Waals surface area contributed by atoms with Crippen molar-refractivity contribution < 1.29 is 14.6 Å². The Hall–Kier alpha value is -2.29. The van der Waals surface area contributed by atoms with Crippen molar-refractivity contribution in [2.75, 3.05) is 7.11 Å². The average molecular weight is 340 g/mol. The van der Waals surface area contributed by atoms with Crippen molar-refractivity contribution in [3.8, 4) is 11.5 Å². The molecule has 3 heteroatoms. The first kappa shape index (κ1) is 19.0. The first-order valence-corrected chi connectivity index (χ1v) is 8.51. The summed E-state index contributed by atoms with van der Waals surface area (Å²) in [6.07, 6.45) is 5.85. The Morgan fingerprint density at radius 3 is 2.24 bits per heavy atom. The molecule has 1 aromatic rings. The van der Waals surface area contributed by atoms with Crippen molar-refractivity contribution in [1.82, 2.24) is 0 Å². The van der Waals surface area contributed by atoms with E-state index in [1.165, 1.54) is 7.11 Å². The second-order valence-corrected chi connectivity index (χ2v) is 8.12. The summed E-state index contributed by atoms with van der Waals surface area (Å²) in [5, 5.41) is 9.85. The third kappa shape index (κ3) is 3.71. The molecule has 1 aliphatic carbocycles. The summed E-state index contributed by atoms with van der Waals surface area (Å²) in [5.74, 6) is 0.557. The van der Waals surface area contributed by atoms with Gasteiger partial charge in [-0.15, -0.1) is 6.58 Å². The minimum absolute atomic E-state index is 0.0596. The zero-order valence-electron chi connectivity index (χ0n) is 16.0. The van der Waals surface area contributed by atoms with Gasteiger partial charge in [0.05, 0.1) is 7.11 Å². The van der Waals surface area contributed by atoms with E-state index >= 15 is 0 Å². The lowest BCUT2D eigenvalue weighted by molar-refractivity contribution is -0.114. The summed E-state index contributed by atoms with van der Waals surface area (Å²) in [7, 11) is 1.53. The number of phenolic OH excluding ortho intramolecular Hbond substituents is 1. The van der Waals surface area contributed by atoms with Gasteiger partial charge in [0.1, 0.15) is 0 Å². The SMILES string of the molecule is C=CC(C)(C)C1=CC(c2ccc(O)c(OC)c2)C=C(C(C)(C)C)C1=O. The smallest absolute Gasteiger partial charge is 0.185 e. The molecule has 25 heavy (non-hydrogen) atoms. The molecule has 0 aromatic heterocycles. The lowest BCUT2D eigenvalue weighted by atomic mass is 9.69. The van der Waals surface area contributed by atoms with Crippen LogP contribution in [-0.2, 0) is 4.79 Å². The van der Waals surface area contributed by atoms with Crippen molar-refractivity contribution in [2.45, 2.75) is 40.5 Å². The molecule has 0 amide bonds. The maximum absolute atomic E-state index is 13.1. The van der Waals surface area contributed by atoms with Gasteiger partial charge >= 0.3 is 0 Å². The number of ether oxygens (including phenoxy) is 1. The average Bonchev–Trinajstić information content (AvgIpc) is 2.54. The Balaban J connectivity index is 2.63. The second kappa shape index (κ2) is 6.55. The van der Waals surface area contributed by atoms with Gasteiger partial charge < -0.3 is 9.84 Å². The topological polar surface area (TPSA) is 46.5 Å². The quantitative estimate of drug-likeness (QED) is 0.768. The van der Waals surface area contributed by atoms with Crippen molar-refractivity contribution >= 4 is 5.78 Å². The van der Waals surface area contributed by atoms with E-state index in [1.54, 1.807) is 6.07 Å². The molecule has 0 heterocycles. The fraction of sp³-hybridized carbons (Fsp3) is 0.409. The van der Waals surface area contributed by atoms with Gasteiger partial charge in [0.25, 0.3) is 0 Å². The van der Waals surface area contributed by atoms with Gasteiger partial charge in [0.2, 0.25) is 0 Å². The van der Waals surface area contributed by atoms with E-state index in [0.29, 0.717) is 5.75 Å². The van der Waals surface area contributed by atoms with Gasteiger partial charge in [0.15, 0.2) is 17.3 Å². The van der Waals surface area contributed by atoms with Gasteiger partial charge in [-0.25, -0.2) is 0 Å². The van der Waals surface area contributed by atoms with Crippen molar-refractivity contribution in [2.24, 2.45) is 10.8 Å². The van der Waals surface area contributed by atoms with Gasteiger partial charge in [0, 0.05) is 22.5 Å². The summed E-state index contributed by atoms with van der Waals surface area (Å²) in [5.41, 5.74) is 1.86. The molecular weight excluding hydrogens is 312 g/mol. The number of allylic oxidation sites excluding steroid dienone is 5. The number of aromatic hydroxyl groups is 1. The number of Topliss-reactive ketones (excluding diaryl/α,β-unsaturated/α-hetero) is 1. The van der Waals surface area contributed by atoms with Gasteiger partial charge in [-0.05, 0) is 23.1 Å². The number of carbonyl (C=O) groups excluding carboxylic acids is 1. The largest absolute Gasteiger partial charge is 0.504 e. The van der Waals surface area contributed by atoms with Gasteiger partial charge in [-0.3, -0.25) is 4.79 Å². The van der Waals surface area contributed by atoms with Crippen LogP contribution in [0.3, 0.4) is 0 Å². The normalized spacial score (nSPS) is 18.5. The first-order chi connectivity index (χ1) is 11.5. The van der Waals surface area contributed by atoms with Crippen LogP contribution in [-0.4, -0.2) is 18.0 Å². The zero-order valence-corrected chi connectivity index (χ0v) is 16.0. The van der Waals surface area contributed by atoms with E-state index in [9.17, 15) is 9.90 Å². The molecule has 1 aromatic carbocycles. The van der Waals surface area contributed by atoms with Crippen LogP contribution in [0.5, 0.6) is 11.5 Å². The van der Waals surface area contributed by atoms with E-state index in [4.69, 9.17) is 4.74 Å². The minimum Gasteiger partial charge on any atom is -0.504 e. The minimum atomic E-state index is -0.416. The van der Waals surface area contributed by atoms with E-state index in [0.717, 1.165) is 16.7 Å². The standard InChI is InChI=1S/C22H28O3/c1-8-22(5,6)17-12-15(11-16(20(17)24)21(2,3)4)14-9-10-18(23)19(13-14)25-7/h8-13,15,23H,1H2,2-7H3. The van der Waals surface area contributed by atoms with E-state index in [1.807, 2.05) is 44.2 Å². The van der Waals surface area contributed by atoms with Crippen LogP contribution in [0.25, 0.3) is 0 Å². The molecule has 134 valence electrons. The monoisotopic (exact) mass is 340 g/mol. The fourth-order valence-electron chi connectivity index (χ4n) is 3.01. The molecule has 0 fully saturated rings. The summed E-state index contributed by atoms with van der Waals surface area (Å²) in [4.78, 5) is 13.1. The highest BCUT2D eigenvalue weighted by Crippen LogP contribution is 2.43. The molecule has 1 N–H and O–H groups in total. The maximum atomic E-state index is 13.1. The number of methoxy groups -OCH3 is 1. The van der Waals surface area contributed by atoms with E-state index < -0.39 is 5.41 Å². The fourth-order valence-corrected chi connectivity index (χ4v) is 3.01. The highest BCUT2D eigenvalue weighted by atomic mass is 16.5. The van der Waals surface area contributed by atoms with Crippen molar-refractivity contribution in [3.05, 3.63) is 59.7 Å². The zero-order chi connectivity index (χ0) is 19.0. The molecule has 0 radical (unpaired) electrons. The summed E-state index contributed by atoms with van der Waals surface area (Å²) < 4.78 is 5.23. The van der Waals surface area contributed by atoms with Crippen LogP contribution in [0.15, 0.2) is 54.2 Å². The second-order valence-electron chi connectivity index (χ2n) is 8.12. The van der Waals surface area contributed by atoms with Crippen molar-refractivity contribution in [1.29, 1.82) is 0 Å². The number of carbonyl (C=O) groups is 1. The predicted octanol–water partition coefficient (Wildman–Crippen LogP) is 5.18. The number of hydrogen-bond acceptors (Lipinski definition) is 3. The van der Waals surface area contributed by atoms with E-state index in [-0.39, 0.29) is 22.9 Å². The Morgan fingerprint density at radius 1 is 1.12 bits per heavy atom. The third-order valence-electron chi connectivity index (χ3n) is 4.78. The van der Waals surface area contributed by atoms with Crippen LogP contribution >= 0.6 is 0 Å². The first-order valence-electron chi connectivity index (χ1n) is 8.51. The van der Waals surface area contributed by atoms with Crippen LogP contribution < -0.4 is 4.74 Å². The Morgan fingerprint density at radius 2 is 1.72 bits per heavy atom. The van der Waals surface area contributed by atoms with E-state index in [2.05, 4.69) is 27.4 Å². The summed E-state index contributed by atoms with van der Waals surface area (Å²) in [6, 6.07) is 5.31. The molecule has 0 aliphatic heterocycles. The summed E-state index contributed by atoms with van der Waals surface area (Å²) >= 11 is 0. The Kier molecular flexibility index (Phi) is 4.99. The van der Waals surface area contributed by atoms with Gasteiger partial charge in [-0.2, -0.15) is 0 Å². The van der Waals surface area contributed by atoms with Crippen LogP contribution in [0, 0.1) is 10.8 Å². The molecule has 1 unspecified atom stereocenters. The van der Waals surface area contributed by atoms with Gasteiger partial charge in [-0.1, -0.05) is 58.9 Å². The van der Waals surface area contributed by atoms with Crippen LogP contribution in [0.4, 0.5) is 0 Å². The maximum Gasteiger partial charge on any atom is 0.185 e. The molecule has 1 aliphatic rings. The Bertz CT molecular complexity index is 758. The highest BCUT2D eigenvalue weighted by molar-refractivity contribution is 6.11. The lowest BCUT2D eigenvalue weighted by Gasteiger charge is -2.33. The van der Waals surface area contributed by atoms with Crippen LogP contribution in [0.2, 0.25) is 0 Å². The summed E-state index contributed by atoms with van der Waals surface area (Å²) in [6.45, 7) is 14.1. The molecule has 0 saturated carbocycles. The number of phenols is 1. The number of rotatable bonds is 4. The number of benzene rings is 1. The van der Waals surface area contributed by atoms with Crippen LogP contribution in [0.1, 0.15) is 46.1 Å². The van der Waals surface area contributed by atoms with Crippen molar-refractivity contribution in [3.63, 3.8) is 0 Å². The number of ketones is 1. The highest BCUT2D eigenvalue weighted by Gasteiger charge is 2.36. The third-order valence-corrected chi connectivity index (χ3v) is 4.78. The molecule has 0 spiro atoms.